The summed E-state index contributed by atoms with van der Waals surface area (Å²) in [5.41, 5.74) is 7.67. The number of nitrogen functional groups attached to an aromatic ring is 1. The molecule has 0 radical (unpaired) electrons. The van der Waals surface area contributed by atoms with Gasteiger partial charge in [0.1, 0.15) is 17.8 Å². The molecule has 1 aromatic carbocycles. The van der Waals surface area contributed by atoms with E-state index >= 15 is 0 Å². The van der Waals surface area contributed by atoms with Gasteiger partial charge in [-0.2, -0.15) is 5.10 Å². The SMILES string of the molecule is Nc1c(N2CCN(c3ccccc3O)CC2)ncnc1-n1cccn1. The maximum absolute atomic E-state index is 10.0. The van der Waals surface area contributed by atoms with Gasteiger partial charge in [0, 0.05) is 38.6 Å². The Bertz CT molecular complexity index is 857. The highest BCUT2D eigenvalue weighted by Crippen LogP contribution is 2.30. The van der Waals surface area contributed by atoms with Crippen LogP contribution in [0.1, 0.15) is 0 Å². The van der Waals surface area contributed by atoms with Crippen LogP contribution in [0.3, 0.4) is 0 Å². The lowest BCUT2D eigenvalue weighted by Crippen LogP contribution is -2.47. The quantitative estimate of drug-likeness (QED) is 0.743. The minimum atomic E-state index is 0.304. The number of nitrogens with two attached hydrogens (primary N) is 1. The highest BCUT2D eigenvalue weighted by atomic mass is 16.3. The van der Waals surface area contributed by atoms with Crippen molar-refractivity contribution in [1.29, 1.82) is 0 Å². The zero-order valence-electron chi connectivity index (χ0n) is 13.7. The number of hydrogen-bond acceptors (Lipinski definition) is 7. The minimum Gasteiger partial charge on any atom is -0.506 e. The molecule has 0 atom stereocenters. The van der Waals surface area contributed by atoms with Crippen LogP contribution < -0.4 is 15.5 Å². The van der Waals surface area contributed by atoms with Gasteiger partial charge in [0.2, 0.25) is 0 Å². The average molecular weight is 337 g/mol. The van der Waals surface area contributed by atoms with Crippen molar-refractivity contribution in [3.05, 3.63) is 49.1 Å². The number of nitrogens with zero attached hydrogens (tertiary/aromatic N) is 6. The van der Waals surface area contributed by atoms with Gasteiger partial charge in [0.15, 0.2) is 11.6 Å². The normalized spacial score (nSPS) is 14.7. The van der Waals surface area contributed by atoms with Crippen molar-refractivity contribution in [1.82, 2.24) is 19.7 Å². The maximum atomic E-state index is 10.0. The monoisotopic (exact) mass is 337 g/mol. The Morgan fingerprint density at radius 1 is 0.920 bits per heavy atom. The Labute approximate surface area is 145 Å². The van der Waals surface area contributed by atoms with Crippen molar-refractivity contribution in [2.75, 3.05) is 41.7 Å². The number of piperazine rings is 1. The Kier molecular flexibility index (Phi) is 3.85. The zero-order valence-corrected chi connectivity index (χ0v) is 13.7. The standard InChI is InChI=1S/C17H19N7O/c18-15-16(19-12-20-17(15)24-7-3-6-21-24)23-10-8-22(9-11-23)13-4-1-2-5-14(13)25/h1-7,12,25H,8-11,18H2. The number of rotatable bonds is 3. The first kappa shape index (κ1) is 15.3. The predicted molar refractivity (Wildman–Crippen MR) is 96.1 cm³/mol. The molecule has 0 saturated carbocycles. The summed E-state index contributed by atoms with van der Waals surface area (Å²) in [6, 6.07) is 9.22. The minimum absolute atomic E-state index is 0.304. The van der Waals surface area contributed by atoms with E-state index in [0.717, 1.165) is 37.7 Å². The van der Waals surface area contributed by atoms with E-state index in [4.69, 9.17) is 5.73 Å². The number of hydrogen-bond donors (Lipinski definition) is 2. The summed E-state index contributed by atoms with van der Waals surface area (Å²) in [5, 5.41) is 14.2. The van der Waals surface area contributed by atoms with Gasteiger partial charge in [-0.15, -0.1) is 0 Å². The molecule has 0 unspecified atom stereocenters. The van der Waals surface area contributed by atoms with Crippen LogP contribution >= 0.6 is 0 Å². The van der Waals surface area contributed by atoms with E-state index in [0.29, 0.717) is 17.3 Å². The molecular formula is C17H19N7O. The van der Waals surface area contributed by atoms with Crippen LogP contribution in [0.15, 0.2) is 49.1 Å². The van der Waals surface area contributed by atoms with Crippen LogP contribution in [-0.2, 0) is 0 Å². The van der Waals surface area contributed by atoms with Gasteiger partial charge in [0.25, 0.3) is 0 Å². The van der Waals surface area contributed by atoms with Crippen molar-refractivity contribution >= 4 is 17.2 Å². The van der Waals surface area contributed by atoms with Gasteiger partial charge in [-0.3, -0.25) is 0 Å². The summed E-state index contributed by atoms with van der Waals surface area (Å²) < 4.78 is 1.64. The Balaban J connectivity index is 1.54. The molecule has 8 heteroatoms. The lowest BCUT2D eigenvalue weighted by Gasteiger charge is -2.37. The molecule has 3 aromatic rings. The second-order valence-electron chi connectivity index (χ2n) is 5.85. The van der Waals surface area contributed by atoms with Gasteiger partial charge in [-0.25, -0.2) is 14.6 Å². The third kappa shape index (κ3) is 2.82. The maximum Gasteiger partial charge on any atom is 0.181 e. The molecule has 0 spiro atoms. The van der Waals surface area contributed by atoms with Crippen molar-refractivity contribution in [2.24, 2.45) is 0 Å². The molecule has 3 heterocycles. The predicted octanol–water partition coefficient (Wildman–Crippen LogP) is 1.28. The number of anilines is 3. The Morgan fingerprint density at radius 3 is 2.36 bits per heavy atom. The smallest absolute Gasteiger partial charge is 0.181 e. The fourth-order valence-electron chi connectivity index (χ4n) is 3.10. The van der Waals surface area contributed by atoms with E-state index in [1.807, 2.05) is 24.3 Å². The first-order valence-corrected chi connectivity index (χ1v) is 8.12. The van der Waals surface area contributed by atoms with Crippen molar-refractivity contribution in [3.8, 4) is 11.6 Å². The summed E-state index contributed by atoms with van der Waals surface area (Å²) in [4.78, 5) is 12.9. The number of phenols is 1. The number of aromatic hydroxyl groups is 1. The average Bonchev–Trinajstić information content (AvgIpc) is 3.17. The molecular weight excluding hydrogens is 318 g/mol. The van der Waals surface area contributed by atoms with E-state index < -0.39 is 0 Å². The summed E-state index contributed by atoms with van der Waals surface area (Å²) in [5.74, 6) is 1.61. The molecule has 25 heavy (non-hydrogen) atoms. The fraction of sp³-hybridized carbons (Fsp3) is 0.235. The highest BCUT2D eigenvalue weighted by Gasteiger charge is 2.23. The third-order valence-electron chi connectivity index (χ3n) is 4.36. The van der Waals surface area contributed by atoms with Crippen molar-refractivity contribution < 1.29 is 5.11 Å². The number of aromatic nitrogens is 4. The lowest BCUT2D eigenvalue weighted by molar-refractivity contribution is 0.472. The van der Waals surface area contributed by atoms with Crippen LogP contribution in [0, 0.1) is 0 Å². The van der Waals surface area contributed by atoms with Crippen LogP contribution in [0.2, 0.25) is 0 Å². The number of benzene rings is 1. The van der Waals surface area contributed by atoms with Crippen LogP contribution in [0.4, 0.5) is 17.2 Å². The second kappa shape index (κ2) is 6.31. The van der Waals surface area contributed by atoms with E-state index in [1.165, 1.54) is 6.33 Å². The third-order valence-corrected chi connectivity index (χ3v) is 4.36. The van der Waals surface area contributed by atoms with Gasteiger partial charge < -0.3 is 20.6 Å². The van der Waals surface area contributed by atoms with Gasteiger partial charge in [0.05, 0.1) is 5.69 Å². The summed E-state index contributed by atoms with van der Waals surface area (Å²) >= 11 is 0. The molecule has 128 valence electrons. The van der Waals surface area contributed by atoms with E-state index in [2.05, 4.69) is 24.9 Å². The second-order valence-corrected chi connectivity index (χ2v) is 5.85. The summed E-state index contributed by atoms with van der Waals surface area (Å²) in [6.07, 6.45) is 5.00. The molecule has 4 rings (SSSR count). The van der Waals surface area contributed by atoms with Crippen molar-refractivity contribution in [3.63, 3.8) is 0 Å². The van der Waals surface area contributed by atoms with E-state index in [-0.39, 0.29) is 0 Å². The van der Waals surface area contributed by atoms with Gasteiger partial charge in [-0.1, -0.05) is 12.1 Å². The molecule has 3 N–H and O–H groups in total. The first-order chi connectivity index (χ1) is 12.2. The molecule has 1 saturated heterocycles. The molecule has 0 amide bonds. The molecule has 1 aliphatic heterocycles. The number of phenolic OH excluding ortho intramolecular Hbond substituents is 1. The van der Waals surface area contributed by atoms with Gasteiger partial charge in [-0.05, 0) is 18.2 Å². The first-order valence-electron chi connectivity index (χ1n) is 8.12. The summed E-state index contributed by atoms with van der Waals surface area (Å²) in [7, 11) is 0. The molecule has 0 aliphatic carbocycles. The van der Waals surface area contributed by atoms with Crippen LogP contribution in [0.5, 0.6) is 5.75 Å². The topological polar surface area (TPSA) is 96.3 Å². The van der Waals surface area contributed by atoms with E-state index in [1.54, 1.807) is 23.1 Å². The Hall–Kier alpha value is -3.29. The molecule has 0 bridgehead atoms. The van der Waals surface area contributed by atoms with Crippen molar-refractivity contribution in [2.45, 2.75) is 0 Å². The molecule has 8 nitrogen and oxygen atoms in total. The molecule has 2 aromatic heterocycles. The highest BCUT2D eigenvalue weighted by molar-refractivity contribution is 5.70. The van der Waals surface area contributed by atoms with E-state index in [9.17, 15) is 5.11 Å². The fourth-order valence-corrected chi connectivity index (χ4v) is 3.10. The largest absolute Gasteiger partial charge is 0.506 e. The lowest BCUT2D eigenvalue weighted by atomic mass is 10.2. The molecule has 1 aliphatic rings. The summed E-state index contributed by atoms with van der Waals surface area (Å²) in [6.45, 7) is 3.07. The Morgan fingerprint density at radius 2 is 1.64 bits per heavy atom. The zero-order chi connectivity index (χ0) is 17.2. The molecule has 1 fully saturated rings. The van der Waals surface area contributed by atoms with Crippen LogP contribution in [-0.4, -0.2) is 51.0 Å². The van der Waals surface area contributed by atoms with Crippen LogP contribution in [0.25, 0.3) is 5.82 Å². The van der Waals surface area contributed by atoms with Gasteiger partial charge >= 0.3 is 0 Å². The number of para-hydroxylation sites is 2.